The molecule has 0 bridgehead atoms. The Balaban J connectivity index is 1.73. The molecular weight excluding hydrogens is 304 g/mol. The molecule has 2 heterocycles. The van der Waals surface area contributed by atoms with E-state index in [9.17, 15) is 9.59 Å². The van der Waals surface area contributed by atoms with Crippen LogP contribution in [0.4, 0.5) is 4.79 Å². The Hall–Kier alpha value is -2.11. The first kappa shape index (κ1) is 18.2. The minimum atomic E-state index is -0.0100. The average Bonchev–Trinajstić information content (AvgIpc) is 2.59. The van der Waals surface area contributed by atoms with E-state index in [1.165, 1.54) is 0 Å². The Kier molecular flexibility index (Phi) is 7.03. The lowest BCUT2D eigenvalue weighted by molar-refractivity contribution is -0.122. The van der Waals surface area contributed by atoms with Crippen LogP contribution < -0.4 is 10.6 Å². The molecule has 1 aromatic heterocycles. The molecule has 1 aliphatic rings. The highest BCUT2D eigenvalue weighted by Crippen LogP contribution is 2.19. The minimum absolute atomic E-state index is 0.0100. The summed E-state index contributed by atoms with van der Waals surface area (Å²) in [5.41, 5.74) is 0.990. The highest BCUT2D eigenvalue weighted by Gasteiger charge is 2.25. The quantitative estimate of drug-likeness (QED) is 0.838. The number of urea groups is 1. The van der Waals surface area contributed by atoms with E-state index < -0.39 is 0 Å². The molecule has 1 unspecified atom stereocenters. The Morgan fingerprint density at radius 3 is 2.92 bits per heavy atom. The first-order chi connectivity index (χ1) is 11.5. The van der Waals surface area contributed by atoms with Crippen LogP contribution in [-0.2, 0) is 11.3 Å². The fourth-order valence-corrected chi connectivity index (χ4v) is 2.86. The first-order valence-electron chi connectivity index (χ1n) is 8.73. The van der Waals surface area contributed by atoms with Crippen LogP contribution in [0.25, 0.3) is 0 Å². The summed E-state index contributed by atoms with van der Waals surface area (Å²) in [6.45, 7) is 6.77. The number of hydrogen-bond donors (Lipinski definition) is 2. The van der Waals surface area contributed by atoms with Crippen LogP contribution in [0.1, 0.15) is 38.7 Å². The number of piperidine rings is 1. The highest BCUT2D eigenvalue weighted by molar-refractivity contribution is 5.77. The summed E-state index contributed by atoms with van der Waals surface area (Å²) in [4.78, 5) is 30.2. The molecule has 1 aromatic rings. The van der Waals surface area contributed by atoms with E-state index in [1.807, 2.05) is 17.0 Å². The number of carbonyl (C=O) groups is 2. The number of nitrogens with one attached hydrogen (secondary N) is 2. The molecule has 0 spiro atoms. The van der Waals surface area contributed by atoms with E-state index in [-0.39, 0.29) is 17.9 Å². The summed E-state index contributed by atoms with van der Waals surface area (Å²) in [7, 11) is 0. The van der Waals surface area contributed by atoms with E-state index in [0.717, 1.165) is 24.9 Å². The maximum atomic E-state index is 12.2. The van der Waals surface area contributed by atoms with E-state index in [1.54, 1.807) is 12.4 Å². The monoisotopic (exact) mass is 332 g/mol. The van der Waals surface area contributed by atoms with Gasteiger partial charge in [-0.3, -0.25) is 9.78 Å². The fraction of sp³-hybridized carbons (Fsp3) is 0.611. The van der Waals surface area contributed by atoms with E-state index in [0.29, 0.717) is 32.0 Å². The lowest BCUT2D eigenvalue weighted by Gasteiger charge is -2.32. The van der Waals surface area contributed by atoms with E-state index in [4.69, 9.17) is 0 Å². The van der Waals surface area contributed by atoms with Gasteiger partial charge in [0.2, 0.25) is 5.91 Å². The van der Waals surface area contributed by atoms with Crippen LogP contribution in [0.5, 0.6) is 0 Å². The summed E-state index contributed by atoms with van der Waals surface area (Å²) >= 11 is 0. The van der Waals surface area contributed by atoms with Gasteiger partial charge in [0.15, 0.2) is 0 Å². The maximum absolute atomic E-state index is 12.2. The highest BCUT2D eigenvalue weighted by atomic mass is 16.2. The maximum Gasteiger partial charge on any atom is 0.317 e. The Bertz CT molecular complexity index is 533. The van der Waals surface area contributed by atoms with Gasteiger partial charge in [0.05, 0.1) is 0 Å². The van der Waals surface area contributed by atoms with Gasteiger partial charge in [0.25, 0.3) is 0 Å². The topological polar surface area (TPSA) is 74.3 Å². The number of aromatic nitrogens is 1. The van der Waals surface area contributed by atoms with Gasteiger partial charge in [0.1, 0.15) is 0 Å². The van der Waals surface area contributed by atoms with Crippen LogP contribution in [0.15, 0.2) is 24.5 Å². The van der Waals surface area contributed by atoms with Gasteiger partial charge in [0, 0.05) is 45.0 Å². The Labute approximate surface area is 144 Å². The standard InChI is InChI=1S/C18H28N4O2/c1-14(2)10-21-18(24)22-8-4-6-15(13-22)9-17(23)20-12-16-5-3-7-19-11-16/h3,5,7,11,14-15H,4,6,8-10,12-13H2,1-2H3,(H,20,23)(H,21,24). The molecule has 2 N–H and O–H groups in total. The molecule has 6 heteroatoms. The predicted octanol–water partition coefficient (Wildman–Crippen LogP) is 2.17. The molecule has 132 valence electrons. The molecule has 1 aliphatic heterocycles. The second-order valence-electron chi connectivity index (χ2n) is 6.88. The fourth-order valence-electron chi connectivity index (χ4n) is 2.86. The molecule has 1 atom stereocenters. The van der Waals surface area contributed by atoms with E-state index in [2.05, 4.69) is 29.5 Å². The SMILES string of the molecule is CC(C)CNC(=O)N1CCCC(CC(=O)NCc2cccnc2)C1. The van der Waals surface area contributed by atoms with Crippen molar-refractivity contribution in [2.24, 2.45) is 11.8 Å². The van der Waals surface area contributed by atoms with Crippen LogP contribution in [0.3, 0.4) is 0 Å². The molecule has 0 radical (unpaired) electrons. The van der Waals surface area contributed by atoms with E-state index >= 15 is 0 Å². The Morgan fingerprint density at radius 2 is 2.21 bits per heavy atom. The van der Waals surface area contributed by atoms with Crippen molar-refractivity contribution in [3.8, 4) is 0 Å². The van der Waals surface area contributed by atoms with Gasteiger partial charge in [-0.25, -0.2) is 4.79 Å². The summed E-state index contributed by atoms with van der Waals surface area (Å²) in [5, 5.41) is 5.88. The van der Waals surface area contributed by atoms with Crippen molar-refractivity contribution in [1.82, 2.24) is 20.5 Å². The molecule has 3 amide bonds. The predicted molar refractivity (Wildman–Crippen MR) is 93.2 cm³/mol. The third-order valence-electron chi connectivity index (χ3n) is 4.15. The third kappa shape index (κ3) is 6.18. The van der Waals surface area contributed by atoms with Crippen molar-refractivity contribution in [3.63, 3.8) is 0 Å². The van der Waals surface area contributed by atoms with Crippen LogP contribution in [0.2, 0.25) is 0 Å². The van der Waals surface area contributed by atoms with Crippen molar-refractivity contribution in [3.05, 3.63) is 30.1 Å². The number of pyridine rings is 1. The lowest BCUT2D eigenvalue weighted by Crippen LogP contribution is -2.47. The number of carbonyl (C=O) groups excluding carboxylic acids is 2. The van der Waals surface area contributed by atoms with Crippen molar-refractivity contribution in [2.75, 3.05) is 19.6 Å². The largest absolute Gasteiger partial charge is 0.352 e. The minimum Gasteiger partial charge on any atom is -0.352 e. The van der Waals surface area contributed by atoms with Crippen LogP contribution in [-0.4, -0.2) is 41.5 Å². The molecule has 1 fully saturated rings. The lowest BCUT2D eigenvalue weighted by atomic mass is 9.94. The summed E-state index contributed by atoms with van der Waals surface area (Å²) < 4.78 is 0. The number of hydrogen-bond acceptors (Lipinski definition) is 3. The number of rotatable bonds is 6. The van der Waals surface area contributed by atoms with Gasteiger partial charge in [-0.2, -0.15) is 0 Å². The van der Waals surface area contributed by atoms with Crippen molar-refractivity contribution in [1.29, 1.82) is 0 Å². The Morgan fingerprint density at radius 1 is 1.38 bits per heavy atom. The molecule has 0 aliphatic carbocycles. The second-order valence-corrected chi connectivity index (χ2v) is 6.88. The summed E-state index contributed by atoms with van der Waals surface area (Å²) in [6.07, 6.45) is 5.88. The van der Waals surface area contributed by atoms with Crippen molar-refractivity contribution < 1.29 is 9.59 Å². The number of nitrogens with zero attached hydrogens (tertiary/aromatic N) is 2. The van der Waals surface area contributed by atoms with Crippen molar-refractivity contribution in [2.45, 2.75) is 39.7 Å². The zero-order valence-electron chi connectivity index (χ0n) is 14.6. The molecule has 0 saturated carbocycles. The summed E-state index contributed by atoms with van der Waals surface area (Å²) in [5.74, 6) is 0.707. The van der Waals surface area contributed by atoms with Gasteiger partial charge in [-0.15, -0.1) is 0 Å². The van der Waals surface area contributed by atoms with Gasteiger partial charge >= 0.3 is 6.03 Å². The number of likely N-dealkylation sites (tertiary alicyclic amines) is 1. The average molecular weight is 332 g/mol. The molecule has 6 nitrogen and oxygen atoms in total. The molecule has 2 rings (SSSR count). The van der Waals surface area contributed by atoms with Crippen LogP contribution in [0, 0.1) is 11.8 Å². The smallest absolute Gasteiger partial charge is 0.317 e. The van der Waals surface area contributed by atoms with Gasteiger partial charge in [-0.1, -0.05) is 19.9 Å². The zero-order valence-corrected chi connectivity index (χ0v) is 14.6. The van der Waals surface area contributed by atoms with Gasteiger partial charge < -0.3 is 15.5 Å². The molecular formula is C18H28N4O2. The first-order valence-corrected chi connectivity index (χ1v) is 8.73. The normalized spacial score (nSPS) is 17.6. The number of amides is 3. The van der Waals surface area contributed by atoms with Gasteiger partial charge in [-0.05, 0) is 36.3 Å². The molecule has 1 saturated heterocycles. The zero-order chi connectivity index (χ0) is 17.4. The molecule has 24 heavy (non-hydrogen) atoms. The third-order valence-corrected chi connectivity index (χ3v) is 4.15. The van der Waals surface area contributed by atoms with Crippen LogP contribution >= 0.6 is 0 Å². The molecule has 0 aromatic carbocycles. The summed E-state index contributed by atoms with van der Waals surface area (Å²) in [6, 6.07) is 3.79. The van der Waals surface area contributed by atoms with Crippen molar-refractivity contribution >= 4 is 11.9 Å². The second kappa shape index (κ2) is 9.25.